The first-order valence-corrected chi connectivity index (χ1v) is 10.0. The van der Waals surface area contributed by atoms with Crippen LogP contribution in [0.5, 0.6) is 0 Å². The maximum atomic E-state index is 14.9. The fourth-order valence-corrected chi connectivity index (χ4v) is 5.40. The Labute approximate surface area is 172 Å². The van der Waals surface area contributed by atoms with Crippen LogP contribution in [0.4, 0.5) is 8.78 Å². The van der Waals surface area contributed by atoms with Gasteiger partial charge in [0.1, 0.15) is 11.6 Å². The van der Waals surface area contributed by atoms with Crippen molar-refractivity contribution in [2.75, 3.05) is 6.54 Å². The number of imide groups is 1. The van der Waals surface area contributed by atoms with Gasteiger partial charge < -0.3 is 0 Å². The van der Waals surface area contributed by atoms with Gasteiger partial charge in [-0.2, -0.15) is 5.26 Å². The molecule has 5 rings (SSSR count). The normalized spacial score (nSPS) is 28.0. The number of nitriles is 1. The standard InChI is InChI=1S/C23H19F2N3O2/c24-15-6-3-13(4-7-15)12-28-22(29)19-18-2-1-9-27(18)21(20(19)23(28)30)16-8-5-14(11-26)10-17(16)25/h3-8,10,18-21H,1-2,9,12H2/t18-,19-,20-,21-/m0/s1. The lowest BCUT2D eigenvalue weighted by Gasteiger charge is -2.29. The first-order valence-electron chi connectivity index (χ1n) is 10.0. The molecule has 3 heterocycles. The highest BCUT2D eigenvalue weighted by molar-refractivity contribution is 6.06. The lowest BCUT2D eigenvalue weighted by atomic mass is 9.85. The quantitative estimate of drug-likeness (QED) is 0.734. The van der Waals surface area contributed by atoms with E-state index in [1.54, 1.807) is 24.3 Å². The van der Waals surface area contributed by atoms with Crippen molar-refractivity contribution in [1.29, 1.82) is 5.26 Å². The van der Waals surface area contributed by atoms with Gasteiger partial charge in [-0.1, -0.05) is 18.2 Å². The molecule has 7 heteroatoms. The van der Waals surface area contributed by atoms with E-state index in [4.69, 9.17) is 5.26 Å². The molecule has 3 fully saturated rings. The Kier molecular flexibility index (Phi) is 4.40. The molecule has 2 aromatic carbocycles. The Hall–Kier alpha value is -3.11. The summed E-state index contributed by atoms with van der Waals surface area (Å²) in [5, 5.41) is 9.03. The minimum Gasteiger partial charge on any atom is -0.292 e. The van der Waals surface area contributed by atoms with E-state index in [2.05, 4.69) is 4.90 Å². The molecule has 5 nitrogen and oxygen atoms in total. The average molecular weight is 407 g/mol. The summed E-state index contributed by atoms with van der Waals surface area (Å²) in [6.45, 7) is 0.792. The summed E-state index contributed by atoms with van der Waals surface area (Å²) >= 11 is 0. The van der Waals surface area contributed by atoms with Crippen molar-refractivity contribution in [3.8, 4) is 6.07 Å². The smallest absolute Gasteiger partial charge is 0.235 e. The number of likely N-dealkylation sites (tertiary alicyclic amines) is 1. The molecule has 3 aliphatic rings. The predicted octanol–water partition coefficient (Wildman–Crippen LogP) is 3.16. The van der Waals surface area contributed by atoms with Gasteiger partial charge in [0.15, 0.2) is 0 Å². The zero-order valence-corrected chi connectivity index (χ0v) is 16.1. The van der Waals surface area contributed by atoms with Crippen LogP contribution in [-0.4, -0.2) is 34.2 Å². The van der Waals surface area contributed by atoms with Gasteiger partial charge in [0.25, 0.3) is 0 Å². The van der Waals surface area contributed by atoms with Gasteiger partial charge in [-0.3, -0.25) is 19.4 Å². The minimum absolute atomic E-state index is 0.0836. The van der Waals surface area contributed by atoms with Gasteiger partial charge in [0, 0.05) is 11.6 Å². The summed E-state index contributed by atoms with van der Waals surface area (Å²) in [6.07, 6.45) is 1.68. The lowest BCUT2D eigenvalue weighted by Crippen LogP contribution is -2.39. The van der Waals surface area contributed by atoms with E-state index in [0.717, 1.165) is 12.8 Å². The highest BCUT2D eigenvalue weighted by atomic mass is 19.1. The SMILES string of the molecule is N#Cc1ccc([C@H]2[C@H]3C(=O)N(Cc4ccc(F)cc4)C(=O)[C@H]3[C@@H]3CCCN32)c(F)c1. The first kappa shape index (κ1) is 18.9. The fraction of sp³-hybridized carbons (Fsp3) is 0.348. The number of amides is 2. The van der Waals surface area contributed by atoms with E-state index < -0.39 is 23.7 Å². The van der Waals surface area contributed by atoms with Crippen LogP contribution in [-0.2, 0) is 16.1 Å². The molecule has 3 saturated heterocycles. The maximum absolute atomic E-state index is 14.9. The second-order valence-electron chi connectivity index (χ2n) is 8.18. The Balaban J connectivity index is 1.51. The van der Waals surface area contributed by atoms with Crippen LogP contribution < -0.4 is 0 Å². The molecule has 0 aliphatic carbocycles. The first-order chi connectivity index (χ1) is 14.5. The number of benzene rings is 2. The molecule has 0 unspecified atom stereocenters. The molecule has 152 valence electrons. The van der Waals surface area contributed by atoms with Crippen LogP contribution in [0, 0.1) is 34.8 Å². The van der Waals surface area contributed by atoms with Gasteiger partial charge in [0.2, 0.25) is 11.8 Å². The van der Waals surface area contributed by atoms with Crippen molar-refractivity contribution in [3.05, 3.63) is 70.8 Å². The molecular formula is C23H19F2N3O2. The topological polar surface area (TPSA) is 64.4 Å². The summed E-state index contributed by atoms with van der Waals surface area (Å²) in [7, 11) is 0. The molecule has 0 bridgehead atoms. The highest BCUT2D eigenvalue weighted by Gasteiger charge is 2.63. The van der Waals surface area contributed by atoms with Gasteiger partial charge >= 0.3 is 0 Å². The second kappa shape index (κ2) is 6.99. The Morgan fingerprint density at radius 3 is 2.47 bits per heavy atom. The Bertz CT molecular complexity index is 1080. The summed E-state index contributed by atoms with van der Waals surface area (Å²) in [6, 6.07) is 11.3. The number of rotatable bonds is 3. The zero-order valence-electron chi connectivity index (χ0n) is 16.1. The largest absolute Gasteiger partial charge is 0.292 e. The van der Waals surface area contributed by atoms with Gasteiger partial charge in [-0.05, 0) is 49.2 Å². The van der Waals surface area contributed by atoms with E-state index in [-0.39, 0.29) is 35.8 Å². The molecular weight excluding hydrogens is 388 g/mol. The molecule has 4 atom stereocenters. The third-order valence-corrected chi connectivity index (χ3v) is 6.65. The van der Waals surface area contributed by atoms with Crippen molar-refractivity contribution < 1.29 is 18.4 Å². The number of hydrogen-bond acceptors (Lipinski definition) is 4. The Morgan fingerprint density at radius 1 is 1.03 bits per heavy atom. The second-order valence-corrected chi connectivity index (χ2v) is 8.18. The van der Waals surface area contributed by atoms with E-state index in [1.165, 1.54) is 23.1 Å². The van der Waals surface area contributed by atoms with Gasteiger partial charge in [-0.25, -0.2) is 8.78 Å². The highest BCUT2D eigenvalue weighted by Crippen LogP contribution is 2.53. The van der Waals surface area contributed by atoms with E-state index in [9.17, 15) is 18.4 Å². The zero-order chi connectivity index (χ0) is 21.0. The molecule has 3 aliphatic heterocycles. The molecule has 0 spiro atoms. The molecule has 2 amide bonds. The molecule has 0 saturated carbocycles. The van der Waals surface area contributed by atoms with E-state index in [0.29, 0.717) is 17.7 Å². The molecule has 30 heavy (non-hydrogen) atoms. The summed E-state index contributed by atoms with van der Waals surface area (Å²) in [5.74, 6) is -2.60. The van der Waals surface area contributed by atoms with Crippen LogP contribution >= 0.6 is 0 Å². The summed E-state index contributed by atoms with van der Waals surface area (Å²) < 4.78 is 28.1. The fourth-order valence-electron chi connectivity index (χ4n) is 5.40. The number of halogens is 2. The molecule has 0 aromatic heterocycles. The van der Waals surface area contributed by atoms with Crippen molar-refractivity contribution in [1.82, 2.24) is 9.80 Å². The Morgan fingerprint density at radius 2 is 1.77 bits per heavy atom. The van der Waals surface area contributed by atoms with E-state index in [1.807, 2.05) is 6.07 Å². The average Bonchev–Trinajstić information content (AvgIpc) is 3.38. The van der Waals surface area contributed by atoms with Crippen LogP contribution in [0.2, 0.25) is 0 Å². The van der Waals surface area contributed by atoms with E-state index >= 15 is 0 Å². The maximum Gasteiger partial charge on any atom is 0.235 e. The number of fused-ring (bicyclic) bond motifs is 3. The van der Waals surface area contributed by atoms with Crippen LogP contribution in [0.1, 0.15) is 35.6 Å². The van der Waals surface area contributed by atoms with Crippen molar-refractivity contribution in [2.45, 2.75) is 31.5 Å². The third-order valence-electron chi connectivity index (χ3n) is 6.65. The lowest BCUT2D eigenvalue weighted by molar-refractivity contribution is -0.142. The van der Waals surface area contributed by atoms with Crippen molar-refractivity contribution >= 4 is 11.8 Å². The van der Waals surface area contributed by atoms with Gasteiger partial charge in [0.05, 0.1) is 36.1 Å². The van der Waals surface area contributed by atoms with Crippen molar-refractivity contribution in [2.24, 2.45) is 11.8 Å². The van der Waals surface area contributed by atoms with Gasteiger partial charge in [-0.15, -0.1) is 0 Å². The summed E-state index contributed by atoms with van der Waals surface area (Å²) in [5.41, 5.74) is 1.25. The molecule has 0 radical (unpaired) electrons. The third kappa shape index (κ3) is 2.75. The van der Waals surface area contributed by atoms with Crippen LogP contribution in [0.15, 0.2) is 42.5 Å². The number of nitrogens with zero attached hydrogens (tertiary/aromatic N) is 3. The number of carbonyl (C=O) groups is 2. The summed E-state index contributed by atoms with van der Waals surface area (Å²) in [4.78, 5) is 29.9. The number of carbonyl (C=O) groups excluding carboxylic acids is 2. The molecule has 0 N–H and O–H groups in total. The monoisotopic (exact) mass is 407 g/mol. The molecule has 2 aromatic rings. The minimum atomic E-state index is -0.648. The van der Waals surface area contributed by atoms with Crippen molar-refractivity contribution in [3.63, 3.8) is 0 Å². The predicted molar refractivity (Wildman–Crippen MR) is 103 cm³/mol. The van der Waals surface area contributed by atoms with Crippen LogP contribution in [0.3, 0.4) is 0 Å². The van der Waals surface area contributed by atoms with Crippen LogP contribution in [0.25, 0.3) is 0 Å². The number of hydrogen-bond donors (Lipinski definition) is 0.